The minimum absolute atomic E-state index is 0.118. The summed E-state index contributed by atoms with van der Waals surface area (Å²) in [6.07, 6.45) is 1.37. The van der Waals surface area contributed by atoms with Crippen molar-refractivity contribution in [1.29, 1.82) is 0 Å². The molecule has 0 radical (unpaired) electrons. The number of anilines is 1. The van der Waals surface area contributed by atoms with Gasteiger partial charge in [-0.3, -0.25) is 14.3 Å². The normalized spacial score (nSPS) is 10.4. The standard InChI is InChI=1S/C14H22N4O5/c1-4-6-9-12(13(14(15)21)18(3)17-9)16-10(19)7-22-8-11(20)23-5-2/h4-8H2,1-3H3,(H2,15,21)(H,16,19). The number of carbonyl (C=O) groups excluding carboxylic acids is 3. The molecular formula is C14H22N4O5. The van der Waals surface area contributed by atoms with Gasteiger partial charge < -0.3 is 20.5 Å². The number of carbonyl (C=O) groups is 3. The molecule has 0 saturated heterocycles. The molecule has 0 aromatic carbocycles. The third kappa shape index (κ3) is 5.37. The molecule has 9 heteroatoms. The summed E-state index contributed by atoms with van der Waals surface area (Å²) in [6.45, 7) is 3.20. The van der Waals surface area contributed by atoms with Crippen molar-refractivity contribution >= 4 is 23.5 Å². The molecule has 23 heavy (non-hydrogen) atoms. The van der Waals surface area contributed by atoms with E-state index in [1.807, 2.05) is 6.92 Å². The first-order valence-electron chi connectivity index (χ1n) is 7.29. The minimum Gasteiger partial charge on any atom is -0.464 e. The van der Waals surface area contributed by atoms with Crippen LogP contribution in [-0.4, -0.2) is 47.4 Å². The lowest BCUT2D eigenvalue weighted by atomic mass is 10.2. The molecule has 9 nitrogen and oxygen atoms in total. The zero-order valence-electron chi connectivity index (χ0n) is 13.5. The number of hydrogen-bond donors (Lipinski definition) is 2. The van der Waals surface area contributed by atoms with Crippen molar-refractivity contribution in [2.24, 2.45) is 12.8 Å². The number of amides is 2. The molecule has 0 aliphatic rings. The van der Waals surface area contributed by atoms with E-state index in [4.69, 9.17) is 10.5 Å². The number of primary amides is 1. The van der Waals surface area contributed by atoms with Crippen LogP contribution in [0.5, 0.6) is 0 Å². The second-order valence-electron chi connectivity index (χ2n) is 4.75. The maximum absolute atomic E-state index is 11.9. The zero-order valence-corrected chi connectivity index (χ0v) is 13.5. The van der Waals surface area contributed by atoms with Crippen LogP contribution in [0.4, 0.5) is 5.69 Å². The third-order valence-corrected chi connectivity index (χ3v) is 2.86. The lowest BCUT2D eigenvalue weighted by molar-refractivity contribution is -0.149. The Morgan fingerprint density at radius 2 is 1.96 bits per heavy atom. The topological polar surface area (TPSA) is 126 Å². The summed E-state index contributed by atoms with van der Waals surface area (Å²) >= 11 is 0. The Morgan fingerprint density at radius 3 is 2.52 bits per heavy atom. The molecule has 0 saturated carbocycles. The number of esters is 1. The first kappa shape index (κ1) is 18.6. The number of nitrogens with one attached hydrogen (secondary N) is 1. The maximum atomic E-state index is 11.9. The Kier molecular flexibility index (Phi) is 7.20. The van der Waals surface area contributed by atoms with Crippen LogP contribution in [0, 0.1) is 0 Å². The van der Waals surface area contributed by atoms with Gasteiger partial charge in [0.1, 0.15) is 18.9 Å². The second-order valence-corrected chi connectivity index (χ2v) is 4.75. The number of nitrogens with zero attached hydrogens (tertiary/aromatic N) is 2. The molecule has 3 N–H and O–H groups in total. The molecule has 1 heterocycles. The van der Waals surface area contributed by atoms with Gasteiger partial charge in [-0.2, -0.15) is 5.10 Å². The summed E-state index contributed by atoms with van der Waals surface area (Å²) in [6, 6.07) is 0. The maximum Gasteiger partial charge on any atom is 0.332 e. The summed E-state index contributed by atoms with van der Waals surface area (Å²) in [4.78, 5) is 34.6. The molecule has 1 rings (SSSR count). The fourth-order valence-electron chi connectivity index (χ4n) is 2.01. The van der Waals surface area contributed by atoms with Crippen LogP contribution in [0.1, 0.15) is 36.5 Å². The highest BCUT2D eigenvalue weighted by Gasteiger charge is 2.21. The highest BCUT2D eigenvalue weighted by Crippen LogP contribution is 2.21. The summed E-state index contributed by atoms with van der Waals surface area (Å²) in [7, 11) is 1.58. The Labute approximate surface area is 134 Å². The molecule has 1 aromatic rings. The number of ether oxygens (including phenoxy) is 2. The molecule has 0 aliphatic heterocycles. The van der Waals surface area contributed by atoms with Crippen molar-refractivity contribution in [1.82, 2.24) is 9.78 Å². The Morgan fingerprint density at radius 1 is 1.26 bits per heavy atom. The van der Waals surface area contributed by atoms with Crippen molar-refractivity contribution < 1.29 is 23.9 Å². The minimum atomic E-state index is -0.690. The van der Waals surface area contributed by atoms with Crippen molar-refractivity contribution in [2.75, 3.05) is 25.1 Å². The highest BCUT2D eigenvalue weighted by atomic mass is 16.6. The fourth-order valence-corrected chi connectivity index (χ4v) is 2.01. The Balaban J connectivity index is 2.73. The van der Waals surface area contributed by atoms with E-state index in [1.54, 1.807) is 14.0 Å². The van der Waals surface area contributed by atoms with Crippen molar-refractivity contribution in [2.45, 2.75) is 26.7 Å². The summed E-state index contributed by atoms with van der Waals surface area (Å²) in [5.74, 6) is -1.75. The van der Waals surface area contributed by atoms with Gasteiger partial charge in [0, 0.05) is 7.05 Å². The summed E-state index contributed by atoms with van der Waals surface area (Å²) < 4.78 is 11.0. The summed E-state index contributed by atoms with van der Waals surface area (Å²) in [5.41, 5.74) is 6.30. The summed E-state index contributed by atoms with van der Waals surface area (Å²) in [5, 5.41) is 6.77. The number of aromatic nitrogens is 2. The van der Waals surface area contributed by atoms with Crippen LogP contribution in [0.25, 0.3) is 0 Å². The lowest BCUT2D eigenvalue weighted by Crippen LogP contribution is -2.24. The van der Waals surface area contributed by atoms with Crippen molar-refractivity contribution in [3.05, 3.63) is 11.4 Å². The van der Waals surface area contributed by atoms with E-state index in [1.165, 1.54) is 4.68 Å². The van der Waals surface area contributed by atoms with Crippen molar-refractivity contribution in [3.63, 3.8) is 0 Å². The molecule has 0 aliphatic carbocycles. The number of rotatable bonds is 9. The largest absolute Gasteiger partial charge is 0.464 e. The SMILES string of the molecule is CCCc1nn(C)c(C(N)=O)c1NC(=O)COCC(=O)OCC. The zero-order chi connectivity index (χ0) is 17.4. The van der Waals surface area contributed by atoms with Gasteiger partial charge in [-0.15, -0.1) is 0 Å². The Hall–Kier alpha value is -2.42. The van der Waals surface area contributed by atoms with E-state index >= 15 is 0 Å². The first-order valence-corrected chi connectivity index (χ1v) is 7.29. The van der Waals surface area contributed by atoms with E-state index in [2.05, 4.69) is 15.2 Å². The molecule has 0 spiro atoms. The van der Waals surface area contributed by atoms with Gasteiger partial charge in [-0.1, -0.05) is 13.3 Å². The van der Waals surface area contributed by atoms with E-state index in [0.29, 0.717) is 12.1 Å². The van der Waals surface area contributed by atoms with Crippen LogP contribution in [0.2, 0.25) is 0 Å². The van der Waals surface area contributed by atoms with Gasteiger partial charge in [-0.25, -0.2) is 4.79 Å². The monoisotopic (exact) mass is 326 g/mol. The highest BCUT2D eigenvalue weighted by molar-refractivity contribution is 6.02. The van der Waals surface area contributed by atoms with Gasteiger partial charge in [0.15, 0.2) is 0 Å². The number of aryl methyl sites for hydroxylation is 2. The number of nitrogens with two attached hydrogens (primary N) is 1. The molecule has 1 aromatic heterocycles. The van der Waals surface area contributed by atoms with Gasteiger partial charge in [-0.05, 0) is 13.3 Å². The van der Waals surface area contributed by atoms with Crippen molar-refractivity contribution in [3.8, 4) is 0 Å². The average Bonchev–Trinajstić information content (AvgIpc) is 2.75. The molecule has 2 amide bonds. The van der Waals surface area contributed by atoms with Crippen LogP contribution in [0.3, 0.4) is 0 Å². The predicted octanol–water partition coefficient (Wildman–Crippen LogP) is -0.0103. The predicted molar refractivity (Wildman–Crippen MR) is 81.8 cm³/mol. The first-order chi connectivity index (χ1) is 10.9. The average molecular weight is 326 g/mol. The molecule has 0 atom stereocenters. The van der Waals surface area contributed by atoms with Gasteiger partial charge >= 0.3 is 5.97 Å². The fraction of sp³-hybridized carbons (Fsp3) is 0.571. The van der Waals surface area contributed by atoms with Gasteiger partial charge in [0.2, 0.25) is 0 Å². The number of hydrogen-bond acceptors (Lipinski definition) is 6. The Bertz CT molecular complexity index is 582. The molecular weight excluding hydrogens is 304 g/mol. The third-order valence-electron chi connectivity index (χ3n) is 2.86. The van der Waals surface area contributed by atoms with Crippen LogP contribution >= 0.6 is 0 Å². The van der Waals surface area contributed by atoms with Crippen LogP contribution in [0.15, 0.2) is 0 Å². The lowest BCUT2D eigenvalue weighted by Gasteiger charge is -2.08. The molecule has 0 bridgehead atoms. The van der Waals surface area contributed by atoms with Gasteiger partial charge in [0.25, 0.3) is 11.8 Å². The van der Waals surface area contributed by atoms with E-state index < -0.39 is 17.8 Å². The van der Waals surface area contributed by atoms with E-state index in [-0.39, 0.29) is 31.2 Å². The second kappa shape index (κ2) is 8.89. The smallest absolute Gasteiger partial charge is 0.332 e. The van der Waals surface area contributed by atoms with E-state index in [9.17, 15) is 14.4 Å². The quantitative estimate of drug-likeness (QED) is 0.615. The van der Waals surface area contributed by atoms with Crippen LogP contribution < -0.4 is 11.1 Å². The molecule has 0 fully saturated rings. The van der Waals surface area contributed by atoms with E-state index in [0.717, 1.165) is 6.42 Å². The van der Waals surface area contributed by atoms with Gasteiger partial charge in [0.05, 0.1) is 18.0 Å². The molecule has 128 valence electrons. The van der Waals surface area contributed by atoms with Crippen LogP contribution in [-0.2, 0) is 32.5 Å². The molecule has 0 unspecified atom stereocenters.